The first kappa shape index (κ1) is 14.2. The van der Waals surface area contributed by atoms with Crippen molar-refractivity contribution in [2.45, 2.75) is 25.3 Å². The average Bonchev–Trinajstić information content (AvgIpc) is 3.00. The normalized spacial score (nSPS) is 19.6. The van der Waals surface area contributed by atoms with E-state index in [2.05, 4.69) is 31.9 Å². The molecule has 1 aliphatic rings. The highest BCUT2D eigenvalue weighted by molar-refractivity contribution is 6.28. The second-order valence-corrected chi connectivity index (χ2v) is 5.44. The van der Waals surface area contributed by atoms with Crippen LogP contribution < -0.4 is 4.74 Å². The summed E-state index contributed by atoms with van der Waals surface area (Å²) >= 11 is 5.93. The maximum Gasteiger partial charge on any atom is 0.322 e. The minimum absolute atomic E-state index is 0.112. The Balaban J connectivity index is 1.70. The van der Waals surface area contributed by atoms with Gasteiger partial charge in [-0.1, -0.05) is 6.42 Å². The fourth-order valence-corrected chi connectivity index (χ4v) is 2.55. The summed E-state index contributed by atoms with van der Waals surface area (Å²) < 4.78 is 7.37. The van der Waals surface area contributed by atoms with E-state index in [-0.39, 0.29) is 11.3 Å². The van der Waals surface area contributed by atoms with Crippen molar-refractivity contribution in [1.29, 1.82) is 0 Å². The largest absolute Gasteiger partial charge is 0.462 e. The highest BCUT2D eigenvalue weighted by Crippen LogP contribution is 2.17. The Labute approximate surface area is 128 Å². The molecule has 3 heterocycles. The van der Waals surface area contributed by atoms with Gasteiger partial charge in [-0.3, -0.25) is 4.57 Å². The lowest BCUT2D eigenvalue weighted by Crippen LogP contribution is -2.40. The Morgan fingerprint density at radius 3 is 3.00 bits per heavy atom. The van der Waals surface area contributed by atoms with E-state index in [1.165, 1.54) is 12.8 Å². The van der Waals surface area contributed by atoms with Gasteiger partial charge >= 0.3 is 6.01 Å². The molecule has 0 saturated carbocycles. The van der Waals surface area contributed by atoms with Crippen LogP contribution in [-0.2, 0) is 0 Å². The highest BCUT2D eigenvalue weighted by atomic mass is 35.5. The Hall–Kier alpha value is -1.73. The molecule has 21 heavy (non-hydrogen) atoms. The average molecular weight is 309 g/mol. The molecule has 7 nitrogen and oxygen atoms in total. The van der Waals surface area contributed by atoms with Gasteiger partial charge in [0.25, 0.3) is 0 Å². The van der Waals surface area contributed by atoms with Crippen molar-refractivity contribution in [3.8, 4) is 12.0 Å². The van der Waals surface area contributed by atoms with Crippen molar-refractivity contribution < 1.29 is 4.74 Å². The molecule has 112 valence electrons. The molecular weight excluding hydrogens is 292 g/mol. The second-order valence-electron chi connectivity index (χ2n) is 5.10. The summed E-state index contributed by atoms with van der Waals surface area (Å²) in [6.07, 6.45) is 8.60. The SMILES string of the molecule is CN1CCCCC1COc1nc(Cl)nc(-n2ccnc2)n1. The number of ether oxygens (including phenoxy) is 1. The van der Waals surface area contributed by atoms with Crippen LogP contribution >= 0.6 is 11.6 Å². The first-order valence-corrected chi connectivity index (χ1v) is 7.33. The van der Waals surface area contributed by atoms with Crippen LogP contribution in [0.3, 0.4) is 0 Å². The topological polar surface area (TPSA) is 69.0 Å². The van der Waals surface area contributed by atoms with Crippen LogP contribution in [0.1, 0.15) is 19.3 Å². The van der Waals surface area contributed by atoms with Crippen molar-refractivity contribution in [2.24, 2.45) is 0 Å². The van der Waals surface area contributed by atoms with Gasteiger partial charge in [0.15, 0.2) is 0 Å². The number of hydrogen-bond donors (Lipinski definition) is 0. The molecule has 1 fully saturated rings. The quantitative estimate of drug-likeness (QED) is 0.854. The van der Waals surface area contributed by atoms with E-state index < -0.39 is 0 Å². The Morgan fingerprint density at radius 1 is 1.33 bits per heavy atom. The van der Waals surface area contributed by atoms with Gasteiger partial charge in [-0.05, 0) is 38.0 Å². The summed E-state index contributed by atoms with van der Waals surface area (Å²) in [7, 11) is 2.12. The zero-order valence-electron chi connectivity index (χ0n) is 11.8. The smallest absolute Gasteiger partial charge is 0.322 e. The number of hydrogen-bond acceptors (Lipinski definition) is 6. The molecule has 1 saturated heterocycles. The first-order valence-electron chi connectivity index (χ1n) is 6.95. The maximum absolute atomic E-state index is 5.93. The monoisotopic (exact) mass is 308 g/mol. The lowest BCUT2D eigenvalue weighted by Gasteiger charge is -2.31. The predicted molar refractivity (Wildman–Crippen MR) is 77.7 cm³/mol. The lowest BCUT2D eigenvalue weighted by molar-refractivity contribution is 0.119. The van der Waals surface area contributed by atoms with Gasteiger partial charge in [0.05, 0.1) is 0 Å². The lowest BCUT2D eigenvalue weighted by atomic mass is 10.0. The summed E-state index contributed by atoms with van der Waals surface area (Å²) in [5.74, 6) is 0.402. The fourth-order valence-electron chi connectivity index (χ4n) is 2.40. The van der Waals surface area contributed by atoms with E-state index in [9.17, 15) is 0 Å². The number of rotatable bonds is 4. The van der Waals surface area contributed by atoms with Crippen molar-refractivity contribution in [3.05, 3.63) is 24.0 Å². The zero-order chi connectivity index (χ0) is 14.7. The highest BCUT2D eigenvalue weighted by Gasteiger charge is 2.20. The van der Waals surface area contributed by atoms with Gasteiger partial charge in [0.1, 0.15) is 12.9 Å². The van der Waals surface area contributed by atoms with Crippen LogP contribution in [0, 0.1) is 0 Å². The fraction of sp³-hybridized carbons (Fsp3) is 0.538. The summed E-state index contributed by atoms with van der Waals surface area (Å²) in [5.41, 5.74) is 0. The summed E-state index contributed by atoms with van der Waals surface area (Å²) in [5, 5.41) is 0.112. The van der Waals surface area contributed by atoms with Crippen molar-refractivity contribution >= 4 is 11.6 Å². The van der Waals surface area contributed by atoms with Crippen LogP contribution in [0.25, 0.3) is 5.95 Å². The van der Waals surface area contributed by atoms with E-state index in [0.717, 1.165) is 13.0 Å². The standard InChI is InChI=1S/C13H17ClN6O/c1-19-6-3-2-4-10(19)8-21-13-17-11(14)16-12(18-13)20-7-5-15-9-20/h5,7,9-10H,2-4,6,8H2,1H3. The molecule has 2 aromatic rings. The minimum atomic E-state index is 0.112. The molecule has 0 aromatic carbocycles. The molecule has 0 bridgehead atoms. The molecule has 0 radical (unpaired) electrons. The van der Waals surface area contributed by atoms with Gasteiger partial charge in [0, 0.05) is 18.4 Å². The zero-order valence-corrected chi connectivity index (χ0v) is 12.6. The van der Waals surface area contributed by atoms with E-state index in [4.69, 9.17) is 16.3 Å². The van der Waals surface area contributed by atoms with E-state index in [1.54, 1.807) is 23.3 Å². The molecule has 1 unspecified atom stereocenters. The third-order valence-corrected chi connectivity index (χ3v) is 3.81. The van der Waals surface area contributed by atoms with Gasteiger partial charge in [-0.25, -0.2) is 4.98 Å². The van der Waals surface area contributed by atoms with Gasteiger partial charge in [-0.2, -0.15) is 15.0 Å². The van der Waals surface area contributed by atoms with Gasteiger partial charge in [-0.15, -0.1) is 0 Å². The number of halogens is 1. The second kappa shape index (κ2) is 6.36. The number of aromatic nitrogens is 5. The summed E-state index contributed by atoms with van der Waals surface area (Å²) in [6.45, 7) is 1.66. The molecule has 0 N–H and O–H groups in total. The van der Waals surface area contributed by atoms with Crippen LogP contribution in [-0.4, -0.2) is 55.6 Å². The molecule has 0 amide bonds. The van der Waals surface area contributed by atoms with Crippen LogP contribution in [0.4, 0.5) is 0 Å². The van der Waals surface area contributed by atoms with Crippen LogP contribution in [0.15, 0.2) is 18.7 Å². The molecule has 1 atom stereocenters. The molecule has 0 spiro atoms. The summed E-state index contributed by atoms with van der Waals surface area (Å²) in [6, 6.07) is 0.642. The predicted octanol–water partition coefficient (Wildman–Crippen LogP) is 1.57. The Bertz CT molecular complexity index is 590. The first-order chi connectivity index (χ1) is 10.2. The molecular formula is C13H17ClN6O. The van der Waals surface area contributed by atoms with Gasteiger partial charge < -0.3 is 9.64 Å². The van der Waals surface area contributed by atoms with Crippen LogP contribution in [0.5, 0.6) is 6.01 Å². The third kappa shape index (κ3) is 3.48. The molecule has 8 heteroatoms. The van der Waals surface area contributed by atoms with Crippen molar-refractivity contribution in [2.75, 3.05) is 20.2 Å². The minimum Gasteiger partial charge on any atom is -0.462 e. The number of nitrogens with zero attached hydrogens (tertiary/aromatic N) is 6. The number of likely N-dealkylation sites (N-methyl/N-ethyl adjacent to an activating group) is 1. The molecule has 1 aliphatic heterocycles. The number of likely N-dealkylation sites (tertiary alicyclic amines) is 1. The van der Waals surface area contributed by atoms with Crippen LogP contribution in [0.2, 0.25) is 5.28 Å². The molecule has 2 aromatic heterocycles. The number of imidazole rings is 1. The molecule has 3 rings (SSSR count). The van der Waals surface area contributed by atoms with Crippen molar-refractivity contribution in [3.63, 3.8) is 0 Å². The maximum atomic E-state index is 5.93. The number of piperidine rings is 1. The summed E-state index contributed by atoms with van der Waals surface area (Å²) in [4.78, 5) is 18.6. The van der Waals surface area contributed by atoms with E-state index >= 15 is 0 Å². The third-order valence-electron chi connectivity index (χ3n) is 3.64. The Kier molecular flexibility index (Phi) is 4.31. The van der Waals surface area contributed by atoms with E-state index in [1.807, 2.05) is 0 Å². The van der Waals surface area contributed by atoms with Gasteiger partial charge in [0.2, 0.25) is 11.2 Å². The Morgan fingerprint density at radius 2 is 2.24 bits per heavy atom. The van der Waals surface area contributed by atoms with E-state index in [0.29, 0.717) is 18.6 Å². The molecule has 0 aliphatic carbocycles. The van der Waals surface area contributed by atoms with Crippen molar-refractivity contribution in [1.82, 2.24) is 29.4 Å².